The summed E-state index contributed by atoms with van der Waals surface area (Å²) in [6.45, 7) is 15.9. The van der Waals surface area contributed by atoms with Crippen molar-refractivity contribution in [1.82, 2.24) is 15.1 Å². The lowest BCUT2D eigenvalue weighted by molar-refractivity contribution is -0.150. The summed E-state index contributed by atoms with van der Waals surface area (Å²) in [6, 6.07) is 4.58. The number of carboxylic acids is 1. The number of nitrogens with one attached hydrogen (secondary N) is 1. The summed E-state index contributed by atoms with van der Waals surface area (Å²) >= 11 is 11.3. The van der Waals surface area contributed by atoms with Crippen LogP contribution in [0.15, 0.2) is 18.2 Å². The van der Waals surface area contributed by atoms with Crippen LogP contribution in [-0.2, 0) is 9.59 Å². The number of halogens is 2. The van der Waals surface area contributed by atoms with Gasteiger partial charge in [0.2, 0.25) is 5.91 Å². The average Bonchev–Trinajstić information content (AvgIpc) is 3.23. The summed E-state index contributed by atoms with van der Waals surface area (Å²) in [4.78, 5) is 27.2. The maximum absolute atomic E-state index is 12.3. The Bertz CT molecular complexity index is 984. The second kappa shape index (κ2) is 17.1. The van der Waals surface area contributed by atoms with E-state index in [1.54, 1.807) is 13.0 Å². The molecule has 0 bridgehead atoms. The zero-order valence-corrected chi connectivity index (χ0v) is 28.4. The molecule has 240 valence electrons. The third-order valence-electron chi connectivity index (χ3n) is 8.34. The van der Waals surface area contributed by atoms with E-state index in [4.69, 9.17) is 33.0 Å². The lowest BCUT2D eigenvalue weighted by Gasteiger charge is -2.58. The summed E-state index contributed by atoms with van der Waals surface area (Å²) in [5.74, 6) is -0.533. The van der Waals surface area contributed by atoms with Crippen LogP contribution in [0, 0.1) is 0 Å². The average molecular weight is 629 g/mol. The van der Waals surface area contributed by atoms with Crippen LogP contribution in [0.1, 0.15) is 119 Å². The van der Waals surface area contributed by atoms with E-state index in [1.807, 2.05) is 0 Å². The predicted molar refractivity (Wildman–Crippen MR) is 174 cm³/mol. The number of aliphatic carboxylic acids is 1. The number of unbranched alkanes of at least 4 members (excludes halogenated alkanes) is 9. The van der Waals surface area contributed by atoms with Gasteiger partial charge in [-0.1, -0.05) is 87.9 Å². The molecule has 2 aliphatic heterocycles. The largest absolute Gasteiger partial charge is 0.480 e. The predicted octanol–water partition coefficient (Wildman–Crippen LogP) is 8.17. The molecule has 0 aliphatic carbocycles. The second-order valence-electron chi connectivity index (χ2n) is 13.4. The number of carbonyl (C=O) groups is 2. The number of amides is 1. The molecule has 2 N–H and O–H groups in total. The van der Waals surface area contributed by atoms with Crippen molar-refractivity contribution in [1.29, 1.82) is 0 Å². The minimum absolute atomic E-state index is 0.103. The van der Waals surface area contributed by atoms with E-state index in [0.29, 0.717) is 15.8 Å². The van der Waals surface area contributed by atoms with Crippen molar-refractivity contribution in [2.75, 3.05) is 26.4 Å². The normalized spacial score (nSPS) is 18.9. The SMILES string of the molecule is CCCCCCCCCCCCN1CNC2(C1)CC(C)(C)N(C(C)=O)C(C)(C)C2.O=C(O)COc1ccc(Cl)cc1Cl. The number of benzene rings is 1. The molecule has 3 rings (SSSR count). The van der Waals surface area contributed by atoms with Gasteiger partial charge in [0.1, 0.15) is 5.75 Å². The summed E-state index contributed by atoms with van der Waals surface area (Å²) in [7, 11) is 0. The fourth-order valence-electron chi connectivity index (χ4n) is 7.32. The van der Waals surface area contributed by atoms with Crippen molar-refractivity contribution < 1.29 is 19.4 Å². The minimum atomic E-state index is -1.05. The zero-order chi connectivity index (χ0) is 31.4. The Morgan fingerprint density at radius 2 is 1.48 bits per heavy atom. The molecule has 1 aromatic rings. The van der Waals surface area contributed by atoms with E-state index < -0.39 is 12.6 Å². The van der Waals surface area contributed by atoms with Crippen molar-refractivity contribution in [3.05, 3.63) is 28.2 Å². The molecule has 2 heterocycles. The van der Waals surface area contributed by atoms with Crippen molar-refractivity contribution >= 4 is 35.1 Å². The first-order valence-electron chi connectivity index (χ1n) is 15.8. The molecule has 0 atom stereocenters. The summed E-state index contributed by atoms with van der Waals surface area (Å²) in [5, 5.41) is 13.0. The Labute approximate surface area is 264 Å². The van der Waals surface area contributed by atoms with Crippen LogP contribution in [0.2, 0.25) is 10.0 Å². The van der Waals surface area contributed by atoms with Crippen molar-refractivity contribution in [2.24, 2.45) is 0 Å². The highest BCUT2D eigenvalue weighted by Gasteiger charge is 2.55. The van der Waals surface area contributed by atoms with Crippen LogP contribution in [0.4, 0.5) is 0 Å². The van der Waals surface area contributed by atoms with E-state index in [1.165, 1.54) is 82.9 Å². The number of hydrogen-bond donors (Lipinski definition) is 2. The molecular formula is C33H55Cl2N3O4. The molecule has 0 unspecified atom stereocenters. The zero-order valence-electron chi connectivity index (χ0n) is 26.9. The monoisotopic (exact) mass is 627 g/mol. The maximum atomic E-state index is 12.3. The number of hydrogen-bond acceptors (Lipinski definition) is 5. The molecule has 0 aromatic heterocycles. The number of nitrogens with zero attached hydrogens (tertiary/aromatic N) is 2. The smallest absolute Gasteiger partial charge is 0.341 e. The van der Waals surface area contributed by atoms with Gasteiger partial charge < -0.3 is 14.7 Å². The molecule has 0 saturated carbocycles. The van der Waals surface area contributed by atoms with Gasteiger partial charge >= 0.3 is 5.97 Å². The van der Waals surface area contributed by atoms with Crippen LogP contribution in [0.25, 0.3) is 0 Å². The number of piperidine rings is 1. The van der Waals surface area contributed by atoms with Crippen LogP contribution < -0.4 is 10.1 Å². The lowest BCUT2D eigenvalue weighted by Crippen LogP contribution is -2.69. The van der Waals surface area contributed by atoms with Gasteiger partial charge in [-0.2, -0.15) is 0 Å². The molecule has 1 aromatic carbocycles. The van der Waals surface area contributed by atoms with Crippen LogP contribution in [0.3, 0.4) is 0 Å². The second-order valence-corrected chi connectivity index (χ2v) is 14.3. The number of rotatable bonds is 14. The molecule has 0 radical (unpaired) electrons. The molecule has 7 nitrogen and oxygen atoms in total. The number of carboxylic acid groups (broad SMARTS) is 1. The van der Waals surface area contributed by atoms with Crippen molar-refractivity contribution in [3.63, 3.8) is 0 Å². The molecule has 9 heteroatoms. The molecule has 1 amide bonds. The van der Waals surface area contributed by atoms with Gasteiger partial charge in [-0.25, -0.2) is 4.79 Å². The van der Waals surface area contributed by atoms with E-state index in [-0.39, 0.29) is 22.5 Å². The van der Waals surface area contributed by atoms with Crippen molar-refractivity contribution in [3.8, 4) is 5.75 Å². The van der Waals surface area contributed by atoms with Crippen LogP contribution in [0.5, 0.6) is 5.75 Å². The van der Waals surface area contributed by atoms with Gasteiger partial charge in [-0.15, -0.1) is 0 Å². The maximum Gasteiger partial charge on any atom is 0.341 e. The highest BCUT2D eigenvalue weighted by Crippen LogP contribution is 2.45. The Hall–Kier alpha value is -1.54. The fraction of sp³-hybridized carbons (Fsp3) is 0.758. The standard InChI is InChI=1S/C25H49N3O.C8H6Cl2O3/c1-7-8-9-10-11-12-13-14-15-16-17-27-20-25(26-21-27)18-23(3,4)28(22(2)29)24(5,6)19-25;9-5-1-2-7(6(10)3-5)13-4-8(11)12/h26H,7-21H2,1-6H3;1-3H,4H2,(H,11,12). The molecule has 2 fully saturated rings. The Kier molecular flexibility index (Phi) is 14.9. The number of carbonyl (C=O) groups excluding carboxylic acids is 1. The molecular weight excluding hydrogens is 573 g/mol. The quantitative estimate of drug-likeness (QED) is 0.202. The van der Waals surface area contributed by atoms with Gasteiger partial charge in [0.25, 0.3) is 0 Å². The molecule has 42 heavy (non-hydrogen) atoms. The third kappa shape index (κ3) is 11.9. The lowest BCUT2D eigenvalue weighted by atomic mass is 9.69. The summed E-state index contributed by atoms with van der Waals surface area (Å²) < 4.78 is 4.86. The Morgan fingerprint density at radius 1 is 0.929 bits per heavy atom. The van der Waals surface area contributed by atoms with Crippen molar-refractivity contribution in [2.45, 2.75) is 135 Å². The van der Waals surface area contributed by atoms with Gasteiger partial charge in [-0.05, 0) is 71.7 Å². The summed E-state index contributed by atoms with van der Waals surface area (Å²) in [6.07, 6.45) is 16.1. The number of likely N-dealkylation sites (tertiary alicyclic amines) is 1. The third-order valence-corrected chi connectivity index (χ3v) is 8.87. The first-order chi connectivity index (χ1) is 19.7. The fourth-order valence-corrected chi connectivity index (χ4v) is 7.78. The highest BCUT2D eigenvalue weighted by molar-refractivity contribution is 6.35. The Balaban J connectivity index is 0.000000395. The first kappa shape index (κ1) is 36.7. The van der Waals surface area contributed by atoms with E-state index >= 15 is 0 Å². The van der Waals surface area contributed by atoms with Crippen LogP contribution in [-0.4, -0.2) is 69.8 Å². The van der Waals surface area contributed by atoms with Crippen LogP contribution >= 0.6 is 23.2 Å². The van der Waals surface area contributed by atoms with Gasteiger partial charge in [0.15, 0.2) is 6.61 Å². The van der Waals surface area contributed by atoms with E-state index in [9.17, 15) is 9.59 Å². The van der Waals surface area contributed by atoms with E-state index in [2.05, 4.69) is 49.7 Å². The van der Waals surface area contributed by atoms with Gasteiger partial charge in [0, 0.05) is 41.8 Å². The molecule has 2 aliphatic rings. The summed E-state index contributed by atoms with van der Waals surface area (Å²) in [5.41, 5.74) is -0.0567. The minimum Gasteiger partial charge on any atom is -0.480 e. The van der Waals surface area contributed by atoms with E-state index in [0.717, 1.165) is 26.1 Å². The van der Waals surface area contributed by atoms with Gasteiger partial charge in [0.05, 0.1) is 5.02 Å². The number of ether oxygens (including phenoxy) is 1. The highest BCUT2D eigenvalue weighted by atomic mass is 35.5. The molecule has 2 saturated heterocycles. The van der Waals surface area contributed by atoms with Gasteiger partial charge in [-0.3, -0.25) is 15.0 Å². The first-order valence-corrected chi connectivity index (χ1v) is 16.5. The Morgan fingerprint density at radius 3 is 1.98 bits per heavy atom. The molecule has 1 spiro atoms. The topological polar surface area (TPSA) is 82.1 Å².